The third kappa shape index (κ3) is 3.29. The van der Waals surface area contributed by atoms with E-state index >= 15 is 0 Å². The van der Waals surface area contributed by atoms with Crippen molar-refractivity contribution < 1.29 is 9.59 Å². The molecule has 0 spiro atoms. The summed E-state index contributed by atoms with van der Waals surface area (Å²) in [6, 6.07) is 5.79. The second kappa shape index (κ2) is 5.66. The molecule has 0 atom stereocenters. The van der Waals surface area contributed by atoms with Crippen molar-refractivity contribution in [3.63, 3.8) is 0 Å². The first kappa shape index (κ1) is 13.9. The van der Waals surface area contributed by atoms with Crippen LogP contribution in [0.5, 0.6) is 0 Å². The Bertz CT molecular complexity index is 719. The van der Waals surface area contributed by atoms with Crippen LogP contribution in [0.25, 0.3) is 10.6 Å². The molecule has 0 radical (unpaired) electrons. The number of rotatable bonds is 3. The number of aryl methyl sites for hydroxylation is 1. The van der Waals surface area contributed by atoms with E-state index in [9.17, 15) is 14.4 Å². The lowest BCUT2D eigenvalue weighted by atomic mass is 10.3. The average molecular weight is 292 g/mol. The molecule has 0 bridgehead atoms. The SMILES string of the molecule is Cc1ccc(-c2ccc(=O)n(CC(=O)NC(N)=O)n2)s1. The third-order valence-electron chi connectivity index (χ3n) is 2.42. The number of carbonyl (C=O) groups is 2. The number of imide groups is 1. The lowest BCUT2D eigenvalue weighted by Crippen LogP contribution is -2.39. The van der Waals surface area contributed by atoms with Crippen molar-refractivity contribution >= 4 is 23.3 Å². The zero-order valence-corrected chi connectivity index (χ0v) is 11.4. The van der Waals surface area contributed by atoms with Gasteiger partial charge < -0.3 is 5.73 Å². The molecule has 2 aromatic heterocycles. The van der Waals surface area contributed by atoms with E-state index in [4.69, 9.17) is 5.73 Å². The molecule has 3 amide bonds. The van der Waals surface area contributed by atoms with E-state index in [0.717, 1.165) is 14.4 Å². The Hall–Kier alpha value is -2.48. The summed E-state index contributed by atoms with van der Waals surface area (Å²) >= 11 is 1.53. The van der Waals surface area contributed by atoms with Crippen LogP contribution in [0.1, 0.15) is 4.88 Å². The largest absolute Gasteiger partial charge is 0.351 e. The summed E-state index contributed by atoms with van der Waals surface area (Å²) in [6.07, 6.45) is 0. The van der Waals surface area contributed by atoms with Crippen molar-refractivity contribution in [1.82, 2.24) is 15.1 Å². The summed E-state index contributed by atoms with van der Waals surface area (Å²) in [4.78, 5) is 35.6. The summed E-state index contributed by atoms with van der Waals surface area (Å²) < 4.78 is 0.989. The lowest BCUT2D eigenvalue weighted by Gasteiger charge is -2.05. The zero-order chi connectivity index (χ0) is 14.7. The normalized spacial score (nSPS) is 10.2. The van der Waals surface area contributed by atoms with Crippen molar-refractivity contribution in [3.8, 4) is 10.6 Å². The van der Waals surface area contributed by atoms with Gasteiger partial charge in [-0.2, -0.15) is 5.10 Å². The van der Waals surface area contributed by atoms with Crippen LogP contribution in [0.2, 0.25) is 0 Å². The van der Waals surface area contributed by atoms with Gasteiger partial charge in [-0.05, 0) is 25.1 Å². The molecule has 0 aliphatic carbocycles. The highest BCUT2D eigenvalue weighted by molar-refractivity contribution is 7.15. The van der Waals surface area contributed by atoms with Crippen molar-refractivity contribution in [2.45, 2.75) is 13.5 Å². The Morgan fingerprint density at radius 2 is 2.10 bits per heavy atom. The summed E-state index contributed by atoms with van der Waals surface area (Å²) in [5.74, 6) is -0.688. The molecule has 20 heavy (non-hydrogen) atoms. The second-order valence-corrected chi connectivity index (χ2v) is 5.33. The van der Waals surface area contributed by atoms with Gasteiger partial charge in [-0.3, -0.25) is 14.9 Å². The number of aromatic nitrogens is 2. The van der Waals surface area contributed by atoms with E-state index in [1.165, 1.54) is 17.4 Å². The summed E-state index contributed by atoms with van der Waals surface area (Å²) in [5, 5.41) is 5.99. The van der Waals surface area contributed by atoms with Crippen LogP contribution < -0.4 is 16.6 Å². The first-order chi connectivity index (χ1) is 9.45. The van der Waals surface area contributed by atoms with Crippen molar-refractivity contribution in [2.24, 2.45) is 5.73 Å². The zero-order valence-electron chi connectivity index (χ0n) is 10.6. The van der Waals surface area contributed by atoms with Gasteiger partial charge in [0.25, 0.3) is 5.56 Å². The highest BCUT2D eigenvalue weighted by Crippen LogP contribution is 2.24. The van der Waals surface area contributed by atoms with Crippen molar-refractivity contribution in [2.75, 3.05) is 0 Å². The molecular formula is C12H12N4O3S. The molecule has 0 aliphatic heterocycles. The van der Waals surface area contributed by atoms with Gasteiger partial charge in [-0.15, -0.1) is 11.3 Å². The van der Waals surface area contributed by atoms with Gasteiger partial charge in [-0.25, -0.2) is 9.48 Å². The van der Waals surface area contributed by atoms with Gasteiger partial charge in [0.15, 0.2) is 0 Å². The van der Waals surface area contributed by atoms with Crippen LogP contribution >= 0.6 is 11.3 Å². The second-order valence-electron chi connectivity index (χ2n) is 4.04. The van der Waals surface area contributed by atoms with E-state index < -0.39 is 17.5 Å². The molecule has 104 valence electrons. The summed E-state index contributed by atoms with van der Waals surface area (Å²) in [5.41, 5.74) is 4.99. The Morgan fingerprint density at radius 3 is 2.70 bits per heavy atom. The highest BCUT2D eigenvalue weighted by Gasteiger charge is 2.10. The Morgan fingerprint density at radius 1 is 1.35 bits per heavy atom. The lowest BCUT2D eigenvalue weighted by molar-refractivity contribution is -0.120. The maximum Gasteiger partial charge on any atom is 0.318 e. The number of primary amides is 1. The Balaban J connectivity index is 2.27. The van der Waals surface area contributed by atoms with Gasteiger partial charge in [0.2, 0.25) is 5.91 Å². The first-order valence-corrected chi connectivity index (χ1v) is 6.51. The molecule has 0 fully saturated rings. The van der Waals surface area contributed by atoms with Crippen LogP contribution in [-0.4, -0.2) is 21.7 Å². The molecule has 0 aromatic carbocycles. The van der Waals surface area contributed by atoms with Crippen LogP contribution in [0.15, 0.2) is 29.1 Å². The minimum absolute atomic E-state index is 0.361. The fourth-order valence-electron chi connectivity index (χ4n) is 1.58. The van der Waals surface area contributed by atoms with Gasteiger partial charge in [0.05, 0.1) is 4.88 Å². The van der Waals surface area contributed by atoms with E-state index in [2.05, 4.69) is 5.10 Å². The minimum atomic E-state index is -0.965. The van der Waals surface area contributed by atoms with Crippen LogP contribution in [0, 0.1) is 6.92 Å². The number of nitrogens with one attached hydrogen (secondary N) is 1. The molecule has 2 heterocycles. The van der Waals surface area contributed by atoms with E-state index in [1.54, 1.807) is 6.07 Å². The standard InChI is InChI=1S/C12H12N4O3S/c1-7-2-4-9(20-7)8-3-5-11(18)16(15-8)6-10(17)14-12(13)19/h2-5H,6H2,1H3,(H3,13,14,17,19). The number of hydrogen-bond donors (Lipinski definition) is 2. The average Bonchev–Trinajstić information content (AvgIpc) is 2.77. The van der Waals surface area contributed by atoms with E-state index in [-0.39, 0.29) is 6.54 Å². The minimum Gasteiger partial charge on any atom is -0.351 e. The molecule has 0 unspecified atom stereocenters. The molecule has 2 rings (SSSR count). The number of nitrogens with zero attached hydrogens (tertiary/aromatic N) is 2. The molecule has 0 saturated heterocycles. The fourth-order valence-corrected chi connectivity index (χ4v) is 2.41. The molecule has 0 aliphatic rings. The number of carbonyl (C=O) groups excluding carboxylic acids is 2. The van der Waals surface area contributed by atoms with Crippen LogP contribution in [-0.2, 0) is 11.3 Å². The summed E-state index contributed by atoms with van der Waals surface area (Å²) in [6.45, 7) is 1.60. The maximum atomic E-state index is 11.6. The smallest absolute Gasteiger partial charge is 0.318 e. The number of thiophene rings is 1. The van der Waals surface area contributed by atoms with Crippen LogP contribution in [0.4, 0.5) is 4.79 Å². The molecule has 0 saturated carbocycles. The fraction of sp³-hybridized carbons (Fsp3) is 0.167. The monoisotopic (exact) mass is 292 g/mol. The Labute approximate surface area is 118 Å². The van der Waals surface area contributed by atoms with Gasteiger partial charge >= 0.3 is 6.03 Å². The number of nitrogens with two attached hydrogens (primary N) is 1. The van der Waals surface area contributed by atoms with Gasteiger partial charge in [-0.1, -0.05) is 0 Å². The summed E-state index contributed by atoms with van der Waals surface area (Å²) in [7, 11) is 0. The molecule has 7 nitrogen and oxygen atoms in total. The van der Waals surface area contributed by atoms with Gasteiger partial charge in [0, 0.05) is 10.9 Å². The van der Waals surface area contributed by atoms with E-state index in [1.807, 2.05) is 24.4 Å². The number of urea groups is 1. The topological polar surface area (TPSA) is 107 Å². The Kier molecular flexibility index (Phi) is 3.94. The molecule has 3 N–H and O–H groups in total. The van der Waals surface area contributed by atoms with E-state index in [0.29, 0.717) is 5.69 Å². The maximum absolute atomic E-state index is 11.6. The van der Waals surface area contributed by atoms with Crippen molar-refractivity contribution in [1.29, 1.82) is 0 Å². The highest BCUT2D eigenvalue weighted by atomic mass is 32.1. The van der Waals surface area contributed by atoms with Gasteiger partial charge in [0.1, 0.15) is 12.2 Å². The predicted molar refractivity (Wildman–Crippen MR) is 74.3 cm³/mol. The third-order valence-corrected chi connectivity index (χ3v) is 3.44. The number of amides is 3. The predicted octanol–water partition coefficient (Wildman–Crippen LogP) is 0.475. The quantitative estimate of drug-likeness (QED) is 0.857. The number of hydrogen-bond acceptors (Lipinski definition) is 5. The molecular weight excluding hydrogens is 280 g/mol. The first-order valence-electron chi connectivity index (χ1n) is 5.70. The molecule has 2 aromatic rings. The molecule has 8 heteroatoms. The van der Waals surface area contributed by atoms with Crippen LogP contribution in [0.3, 0.4) is 0 Å². The van der Waals surface area contributed by atoms with Crippen molar-refractivity contribution in [3.05, 3.63) is 39.5 Å².